The molecular weight excluding hydrogens is 359 g/mol. The summed E-state index contributed by atoms with van der Waals surface area (Å²) in [5, 5.41) is 7.78. The topological polar surface area (TPSA) is 59.2 Å². The number of carbonyl (C=O) groups is 1. The van der Waals surface area contributed by atoms with E-state index in [-0.39, 0.29) is 18.2 Å². The largest absolute Gasteiger partial charge is 0.425 e. The van der Waals surface area contributed by atoms with Gasteiger partial charge in [0, 0.05) is 25.9 Å². The Hall–Kier alpha value is -2.38. The van der Waals surface area contributed by atoms with Crippen molar-refractivity contribution in [1.29, 1.82) is 0 Å². The third-order valence-electron chi connectivity index (χ3n) is 4.81. The summed E-state index contributed by atoms with van der Waals surface area (Å²) < 4.78 is 43.8. The van der Waals surface area contributed by atoms with E-state index in [0.29, 0.717) is 30.2 Å². The van der Waals surface area contributed by atoms with Gasteiger partial charge in [0.25, 0.3) is 0 Å². The van der Waals surface area contributed by atoms with Crippen molar-refractivity contribution < 1.29 is 22.4 Å². The highest BCUT2D eigenvalue weighted by atomic mass is 19.4. The zero-order chi connectivity index (χ0) is 19.4. The highest BCUT2D eigenvalue weighted by Gasteiger charge is 2.30. The summed E-state index contributed by atoms with van der Waals surface area (Å²) in [6.45, 7) is 3.75. The van der Waals surface area contributed by atoms with Crippen LogP contribution in [-0.4, -0.2) is 34.1 Å². The summed E-state index contributed by atoms with van der Waals surface area (Å²) in [4.78, 5) is 14.1. The molecule has 0 N–H and O–H groups in total. The van der Waals surface area contributed by atoms with E-state index in [0.717, 1.165) is 38.1 Å². The van der Waals surface area contributed by atoms with Crippen molar-refractivity contribution in [2.75, 3.05) is 13.1 Å². The van der Waals surface area contributed by atoms with Crippen LogP contribution >= 0.6 is 0 Å². The minimum absolute atomic E-state index is 0.0690. The lowest BCUT2D eigenvalue weighted by atomic mass is 9.99. The Morgan fingerprint density at radius 3 is 2.63 bits per heavy atom. The lowest BCUT2D eigenvalue weighted by Gasteiger charge is -2.30. The van der Waals surface area contributed by atoms with Crippen molar-refractivity contribution in [3.05, 3.63) is 47.2 Å². The number of aromatic nitrogens is 2. The summed E-state index contributed by atoms with van der Waals surface area (Å²) in [5.41, 5.74) is -0.264. The van der Waals surface area contributed by atoms with E-state index in [1.807, 2.05) is 4.90 Å². The second-order valence-corrected chi connectivity index (χ2v) is 7.03. The number of hydrogen-bond donors (Lipinski definition) is 0. The Labute approximate surface area is 155 Å². The number of halogens is 3. The molecule has 0 atom stereocenters. The van der Waals surface area contributed by atoms with Gasteiger partial charge in [-0.15, -0.1) is 10.2 Å². The number of aryl methyl sites for hydroxylation is 1. The first kappa shape index (κ1) is 19.4. The molecule has 0 aliphatic carbocycles. The van der Waals surface area contributed by atoms with Crippen molar-refractivity contribution in [1.82, 2.24) is 15.1 Å². The minimum Gasteiger partial charge on any atom is -0.425 e. The van der Waals surface area contributed by atoms with Crippen LogP contribution in [-0.2, 0) is 23.8 Å². The second-order valence-electron chi connectivity index (χ2n) is 7.03. The molecule has 1 fully saturated rings. The molecule has 1 aliphatic rings. The van der Waals surface area contributed by atoms with E-state index in [1.54, 1.807) is 6.07 Å². The summed E-state index contributed by atoms with van der Waals surface area (Å²) in [6, 6.07) is 5.04. The average Bonchev–Trinajstić information content (AvgIpc) is 3.07. The molecule has 146 valence electrons. The Balaban J connectivity index is 1.54. The summed E-state index contributed by atoms with van der Waals surface area (Å²) in [7, 11) is 0. The molecule has 0 bridgehead atoms. The highest BCUT2D eigenvalue weighted by molar-refractivity contribution is 5.76. The molecule has 5 nitrogen and oxygen atoms in total. The molecule has 0 unspecified atom stereocenters. The molecule has 0 radical (unpaired) electrons. The lowest BCUT2D eigenvalue weighted by molar-refractivity contribution is -0.137. The van der Waals surface area contributed by atoms with Crippen LogP contribution in [0.2, 0.25) is 0 Å². The van der Waals surface area contributed by atoms with E-state index in [9.17, 15) is 18.0 Å². The molecule has 0 spiro atoms. The Bertz CT molecular complexity index is 781. The van der Waals surface area contributed by atoms with Gasteiger partial charge in [0.15, 0.2) is 0 Å². The van der Waals surface area contributed by atoms with Crippen LogP contribution in [0.4, 0.5) is 13.2 Å². The Kier molecular flexibility index (Phi) is 5.82. The normalized spacial score (nSPS) is 15.9. The maximum atomic E-state index is 12.8. The predicted molar refractivity (Wildman–Crippen MR) is 91.8 cm³/mol. The van der Waals surface area contributed by atoms with Gasteiger partial charge in [-0.2, -0.15) is 13.2 Å². The summed E-state index contributed by atoms with van der Waals surface area (Å²) >= 11 is 0. The highest BCUT2D eigenvalue weighted by Crippen LogP contribution is 2.30. The molecular formula is C19H22F3N3O2. The molecule has 0 saturated carbocycles. The van der Waals surface area contributed by atoms with Gasteiger partial charge in [0.1, 0.15) is 0 Å². The standard InChI is InChI=1S/C19H22F3N3O2/c1-13-7-9-25(10-8-13)18(26)6-5-16-23-24-17(27-16)12-14-3-2-4-15(11-14)19(20,21)22/h2-4,11,13H,5-10,12H2,1H3. The van der Waals surface area contributed by atoms with Crippen LogP contribution in [0.25, 0.3) is 0 Å². The number of rotatable bonds is 5. The van der Waals surface area contributed by atoms with Crippen LogP contribution in [0.5, 0.6) is 0 Å². The molecule has 1 aliphatic heterocycles. The van der Waals surface area contributed by atoms with E-state index in [4.69, 9.17) is 4.42 Å². The molecule has 2 aromatic rings. The van der Waals surface area contributed by atoms with Gasteiger partial charge in [-0.3, -0.25) is 4.79 Å². The number of hydrogen-bond acceptors (Lipinski definition) is 4. The quantitative estimate of drug-likeness (QED) is 0.789. The van der Waals surface area contributed by atoms with Crippen LogP contribution in [0.15, 0.2) is 28.7 Å². The number of piperidine rings is 1. The third-order valence-corrected chi connectivity index (χ3v) is 4.81. The monoisotopic (exact) mass is 381 g/mol. The first-order valence-corrected chi connectivity index (χ1v) is 9.06. The SMILES string of the molecule is CC1CCN(C(=O)CCc2nnc(Cc3cccc(C(F)(F)F)c3)o2)CC1. The fourth-order valence-electron chi connectivity index (χ4n) is 3.12. The van der Waals surface area contributed by atoms with Gasteiger partial charge < -0.3 is 9.32 Å². The zero-order valence-corrected chi connectivity index (χ0v) is 15.1. The summed E-state index contributed by atoms with van der Waals surface area (Å²) in [6.07, 6.45) is -1.60. The van der Waals surface area contributed by atoms with Crippen molar-refractivity contribution in [3.63, 3.8) is 0 Å². The van der Waals surface area contributed by atoms with Crippen molar-refractivity contribution in [2.24, 2.45) is 5.92 Å². The molecule has 1 aromatic carbocycles. The Morgan fingerprint density at radius 2 is 1.93 bits per heavy atom. The van der Waals surface area contributed by atoms with E-state index < -0.39 is 11.7 Å². The molecule has 1 saturated heterocycles. The molecule has 27 heavy (non-hydrogen) atoms. The van der Waals surface area contributed by atoms with Crippen LogP contribution < -0.4 is 0 Å². The molecule has 1 amide bonds. The van der Waals surface area contributed by atoms with Crippen LogP contribution in [0.3, 0.4) is 0 Å². The number of likely N-dealkylation sites (tertiary alicyclic amines) is 1. The smallest absolute Gasteiger partial charge is 0.416 e. The molecule has 2 heterocycles. The van der Waals surface area contributed by atoms with E-state index in [1.165, 1.54) is 6.07 Å². The first-order valence-electron chi connectivity index (χ1n) is 9.06. The first-order chi connectivity index (χ1) is 12.8. The second kappa shape index (κ2) is 8.10. The maximum Gasteiger partial charge on any atom is 0.416 e. The molecule has 8 heteroatoms. The maximum absolute atomic E-state index is 12.8. The van der Waals surface area contributed by atoms with Crippen molar-refractivity contribution in [3.8, 4) is 0 Å². The van der Waals surface area contributed by atoms with Crippen LogP contribution in [0, 0.1) is 5.92 Å². The number of alkyl halides is 3. The van der Waals surface area contributed by atoms with Gasteiger partial charge in [0.2, 0.25) is 17.7 Å². The number of amides is 1. The van der Waals surface area contributed by atoms with E-state index >= 15 is 0 Å². The van der Waals surface area contributed by atoms with Gasteiger partial charge >= 0.3 is 6.18 Å². The average molecular weight is 381 g/mol. The number of benzene rings is 1. The van der Waals surface area contributed by atoms with Crippen molar-refractivity contribution >= 4 is 5.91 Å². The van der Waals surface area contributed by atoms with Gasteiger partial charge in [0.05, 0.1) is 12.0 Å². The van der Waals surface area contributed by atoms with E-state index in [2.05, 4.69) is 17.1 Å². The molecule has 3 rings (SSSR count). The van der Waals surface area contributed by atoms with Gasteiger partial charge in [-0.05, 0) is 30.4 Å². The number of carbonyl (C=O) groups excluding carboxylic acids is 1. The Morgan fingerprint density at radius 1 is 1.22 bits per heavy atom. The van der Waals surface area contributed by atoms with Gasteiger partial charge in [-0.1, -0.05) is 25.1 Å². The van der Waals surface area contributed by atoms with Gasteiger partial charge in [-0.25, -0.2) is 0 Å². The lowest BCUT2D eigenvalue weighted by Crippen LogP contribution is -2.38. The van der Waals surface area contributed by atoms with Crippen LogP contribution in [0.1, 0.15) is 49.1 Å². The third kappa shape index (κ3) is 5.30. The fourth-order valence-corrected chi connectivity index (χ4v) is 3.12. The predicted octanol–water partition coefficient (Wildman–Crippen LogP) is 3.87. The molecule has 1 aromatic heterocycles. The number of nitrogens with zero attached hydrogens (tertiary/aromatic N) is 3. The van der Waals surface area contributed by atoms with Crippen molar-refractivity contribution in [2.45, 2.75) is 45.2 Å². The zero-order valence-electron chi connectivity index (χ0n) is 15.1. The minimum atomic E-state index is -4.39. The summed E-state index contributed by atoms with van der Waals surface area (Å²) in [5.74, 6) is 1.29. The fraction of sp³-hybridized carbons (Fsp3) is 0.526.